The van der Waals surface area contributed by atoms with Crippen molar-refractivity contribution in [2.75, 3.05) is 5.32 Å². The van der Waals surface area contributed by atoms with E-state index in [1.165, 1.54) is 18.4 Å². The molecule has 146 valence electrons. The fraction of sp³-hybridized carbons (Fsp3) is 0.118. The highest BCUT2D eigenvalue weighted by Crippen LogP contribution is 2.31. The van der Waals surface area contributed by atoms with Crippen LogP contribution < -0.4 is 21.1 Å². The van der Waals surface area contributed by atoms with Crippen LogP contribution in [0.3, 0.4) is 0 Å². The van der Waals surface area contributed by atoms with Crippen LogP contribution in [0.25, 0.3) is 0 Å². The summed E-state index contributed by atoms with van der Waals surface area (Å²) in [6.45, 7) is -0.0418. The fourth-order valence-electron chi connectivity index (χ4n) is 2.19. The molecule has 0 spiro atoms. The number of nitrogens with one attached hydrogen (secondary N) is 2. The quantitative estimate of drug-likeness (QED) is 0.536. The summed E-state index contributed by atoms with van der Waals surface area (Å²) in [6.07, 6.45) is 1.48. The number of carbonyl (C=O) groups excluding carboxylic acids is 2. The Balaban J connectivity index is 1.67. The summed E-state index contributed by atoms with van der Waals surface area (Å²) in [5.74, 6) is -0.947. The molecular weight excluding hydrogens is 411 g/mol. The summed E-state index contributed by atoms with van der Waals surface area (Å²) in [5.41, 5.74) is 5.49. The van der Waals surface area contributed by atoms with Crippen LogP contribution in [0.1, 0.15) is 21.7 Å². The molecule has 0 atom stereocenters. The van der Waals surface area contributed by atoms with Gasteiger partial charge < -0.3 is 20.2 Å². The Labute approximate surface area is 167 Å². The van der Waals surface area contributed by atoms with Crippen LogP contribution in [0.5, 0.6) is 5.88 Å². The Morgan fingerprint density at radius 3 is 2.86 bits per heavy atom. The van der Waals surface area contributed by atoms with Gasteiger partial charge in [0.2, 0.25) is 5.88 Å². The number of rotatable bonds is 7. The van der Waals surface area contributed by atoms with Crippen molar-refractivity contribution in [1.29, 1.82) is 0 Å². The molecule has 8 nitrogen and oxygen atoms in total. The molecule has 0 unspecified atom stereocenters. The fourth-order valence-corrected chi connectivity index (χ4v) is 3.08. The molecule has 0 fully saturated rings. The molecule has 0 bridgehead atoms. The standard InChI is InChI=1S/C17H14ClFN4O4S/c18-10-4-3-9(12(19)6-10)8-27-15-13(14(20)24)16(28-23-15)22-17(25)21-7-11-2-1-5-26-11/h1-6H,7-8H2,(H2,20,24)(H2,21,22,25). The van der Waals surface area contributed by atoms with Crippen molar-refractivity contribution in [3.05, 3.63) is 64.3 Å². The average Bonchev–Trinajstić information content (AvgIpc) is 3.29. The van der Waals surface area contributed by atoms with Gasteiger partial charge in [0.05, 0.1) is 12.8 Å². The smallest absolute Gasteiger partial charge is 0.320 e. The van der Waals surface area contributed by atoms with E-state index in [9.17, 15) is 14.0 Å². The van der Waals surface area contributed by atoms with E-state index < -0.39 is 17.8 Å². The second kappa shape index (κ2) is 8.72. The average molecular weight is 425 g/mol. The van der Waals surface area contributed by atoms with E-state index in [1.54, 1.807) is 12.1 Å². The van der Waals surface area contributed by atoms with Crippen molar-refractivity contribution in [3.63, 3.8) is 0 Å². The van der Waals surface area contributed by atoms with Crippen molar-refractivity contribution in [3.8, 4) is 5.88 Å². The van der Waals surface area contributed by atoms with Gasteiger partial charge in [0.1, 0.15) is 28.7 Å². The van der Waals surface area contributed by atoms with Crippen LogP contribution in [-0.4, -0.2) is 16.3 Å². The molecule has 0 aliphatic heterocycles. The zero-order chi connectivity index (χ0) is 20.1. The van der Waals surface area contributed by atoms with Gasteiger partial charge in [0, 0.05) is 10.6 Å². The van der Waals surface area contributed by atoms with Gasteiger partial charge in [-0.05, 0) is 35.8 Å². The lowest BCUT2D eigenvalue weighted by Gasteiger charge is -2.08. The topological polar surface area (TPSA) is 119 Å². The highest BCUT2D eigenvalue weighted by Gasteiger charge is 2.22. The van der Waals surface area contributed by atoms with Crippen molar-refractivity contribution in [1.82, 2.24) is 9.69 Å². The van der Waals surface area contributed by atoms with Gasteiger partial charge in [0.15, 0.2) is 0 Å². The van der Waals surface area contributed by atoms with E-state index in [2.05, 4.69) is 15.0 Å². The molecule has 3 rings (SSSR count). The highest BCUT2D eigenvalue weighted by atomic mass is 35.5. The molecule has 0 aliphatic carbocycles. The third-order valence-corrected chi connectivity index (χ3v) is 4.50. The maximum Gasteiger partial charge on any atom is 0.320 e. The predicted octanol–water partition coefficient (Wildman–Crippen LogP) is 3.53. The Kier molecular flexibility index (Phi) is 6.12. The summed E-state index contributed by atoms with van der Waals surface area (Å²) in [5, 5.41) is 5.40. The van der Waals surface area contributed by atoms with E-state index >= 15 is 0 Å². The molecule has 1 aromatic carbocycles. The van der Waals surface area contributed by atoms with Crippen molar-refractivity contribution in [2.45, 2.75) is 13.2 Å². The predicted molar refractivity (Wildman–Crippen MR) is 101 cm³/mol. The van der Waals surface area contributed by atoms with Gasteiger partial charge in [-0.2, -0.15) is 4.37 Å². The number of nitrogens with two attached hydrogens (primary N) is 1. The lowest BCUT2D eigenvalue weighted by atomic mass is 10.2. The Bertz CT molecular complexity index is 993. The molecule has 0 saturated heterocycles. The maximum atomic E-state index is 13.8. The van der Waals surface area contributed by atoms with Gasteiger partial charge in [0.25, 0.3) is 5.91 Å². The van der Waals surface area contributed by atoms with E-state index in [0.29, 0.717) is 5.76 Å². The van der Waals surface area contributed by atoms with Crippen molar-refractivity contribution in [2.24, 2.45) is 5.73 Å². The number of carbonyl (C=O) groups is 2. The summed E-state index contributed by atoms with van der Waals surface area (Å²) in [6, 6.07) is 6.91. The first-order valence-electron chi connectivity index (χ1n) is 7.87. The molecule has 3 aromatic rings. The molecule has 0 radical (unpaired) electrons. The Hall–Kier alpha value is -3.11. The lowest BCUT2D eigenvalue weighted by molar-refractivity contribution is 0.0996. The molecule has 11 heteroatoms. The van der Waals surface area contributed by atoms with Gasteiger partial charge >= 0.3 is 6.03 Å². The van der Waals surface area contributed by atoms with Crippen LogP contribution in [-0.2, 0) is 13.2 Å². The molecule has 28 heavy (non-hydrogen) atoms. The zero-order valence-electron chi connectivity index (χ0n) is 14.2. The van der Waals surface area contributed by atoms with Gasteiger partial charge in [-0.3, -0.25) is 10.1 Å². The second-order valence-electron chi connectivity index (χ2n) is 5.47. The minimum absolute atomic E-state index is 0.104. The molecular formula is C17H14ClFN4O4S. The third kappa shape index (κ3) is 4.78. The number of anilines is 1. The minimum atomic E-state index is -0.846. The second-order valence-corrected chi connectivity index (χ2v) is 6.68. The minimum Gasteiger partial charge on any atom is -0.471 e. The number of urea groups is 1. The number of hydrogen-bond donors (Lipinski definition) is 3. The summed E-state index contributed by atoms with van der Waals surface area (Å²) in [7, 11) is 0. The summed E-state index contributed by atoms with van der Waals surface area (Å²) in [4.78, 5) is 23.8. The third-order valence-electron chi connectivity index (χ3n) is 3.52. The van der Waals surface area contributed by atoms with Crippen LogP contribution in [0.15, 0.2) is 41.0 Å². The maximum absolute atomic E-state index is 13.8. The number of aromatic nitrogens is 1. The zero-order valence-corrected chi connectivity index (χ0v) is 15.8. The number of nitrogens with zero attached hydrogens (tertiary/aromatic N) is 1. The number of primary amides is 1. The van der Waals surface area contributed by atoms with Crippen LogP contribution in [0.2, 0.25) is 5.02 Å². The first kappa shape index (κ1) is 19.6. The molecule has 2 aromatic heterocycles. The van der Waals surface area contributed by atoms with Crippen LogP contribution in [0.4, 0.5) is 14.2 Å². The largest absolute Gasteiger partial charge is 0.471 e. The SMILES string of the molecule is NC(=O)c1c(OCc2ccc(Cl)cc2F)nsc1NC(=O)NCc1ccco1. The van der Waals surface area contributed by atoms with E-state index in [1.807, 2.05) is 0 Å². The molecule has 3 amide bonds. The van der Waals surface area contributed by atoms with Gasteiger partial charge in [-0.25, -0.2) is 9.18 Å². The normalized spacial score (nSPS) is 10.5. The number of benzene rings is 1. The number of hydrogen-bond acceptors (Lipinski definition) is 6. The van der Waals surface area contributed by atoms with Gasteiger partial charge in [-0.1, -0.05) is 17.7 Å². The van der Waals surface area contributed by atoms with E-state index in [4.69, 9.17) is 26.5 Å². The number of amides is 3. The molecule has 2 heterocycles. The number of furan rings is 1. The van der Waals surface area contributed by atoms with E-state index in [0.717, 1.165) is 17.6 Å². The summed E-state index contributed by atoms with van der Waals surface area (Å²) >= 11 is 6.52. The Morgan fingerprint density at radius 2 is 2.18 bits per heavy atom. The number of halogens is 2. The van der Waals surface area contributed by atoms with Gasteiger partial charge in [-0.15, -0.1) is 0 Å². The first-order chi connectivity index (χ1) is 13.4. The molecule has 0 aliphatic rings. The molecule has 4 N–H and O–H groups in total. The highest BCUT2D eigenvalue weighted by molar-refractivity contribution is 7.11. The van der Waals surface area contributed by atoms with Crippen LogP contribution in [0, 0.1) is 5.82 Å². The lowest BCUT2D eigenvalue weighted by Crippen LogP contribution is -2.28. The molecule has 0 saturated carbocycles. The van der Waals surface area contributed by atoms with Crippen molar-refractivity contribution >= 4 is 40.1 Å². The van der Waals surface area contributed by atoms with Crippen LogP contribution >= 0.6 is 23.1 Å². The Morgan fingerprint density at radius 1 is 1.36 bits per heavy atom. The number of ether oxygens (including phenoxy) is 1. The van der Waals surface area contributed by atoms with E-state index in [-0.39, 0.29) is 40.2 Å². The monoisotopic (exact) mass is 424 g/mol. The summed E-state index contributed by atoms with van der Waals surface area (Å²) < 4.78 is 28.3. The first-order valence-corrected chi connectivity index (χ1v) is 9.02. The van der Waals surface area contributed by atoms with Crippen molar-refractivity contribution < 1.29 is 23.1 Å².